The Hall–Kier alpha value is -6.14. The number of rotatable bonds is 12. The molecular weight excluding hydrogens is 1190 g/mol. The van der Waals surface area contributed by atoms with Crippen molar-refractivity contribution >= 4 is 76.8 Å². The average molecular weight is 1260 g/mol. The van der Waals surface area contributed by atoms with Gasteiger partial charge < -0.3 is 55.4 Å². The van der Waals surface area contributed by atoms with E-state index in [2.05, 4.69) is 49.7 Å². The summed E-state index contributed by atoms with van der Waals surface area (Å²) in [5.41, 5.74) is 15.1. The van der Waals surface area contributed by atoms with E-state index in [0.29, 0.717) is 99.4 Å². The Kier molecular flexibility index (Phi) is 19.3. The second-order valence-corrected chi connectivity index (χ2v) is 24.7. The summed E-state index contributed by atoms with van der Waals surface area (Å²) >= 11 is 12.2. The monoisotopic (exact) mass is 1260 g/mol. The van der Waals surface area contributed by atoms with E-state index in [-0.39, 0.29) is 50.9 Å². The number of ketones is 2. The van der Waals surface area contributed by atoms with Gasteiger partial charge in [0, 0.05) is 86.4 Å². The molecule has 87 heavy (non-hydrogen) atoms. The van der Waals surface area contributed by atoms with E-state index in [1.165, 1.54) is 6.92 Å². The van der Waals surface area contributed by atoms with Crippen molar-refractivity contribution in [3.63, 3.8) is 0 Å². The van der Waals surface area contributed by atoms with Gasteiger partial charge in [-0.1, -0.05) is 23.2 Å². The normalized spacial score (nSPS) is 20.4. The molecule has 12 rings (SSSR count). The lowest BCUT2D eigenvalue weighted by Gasteiger charge is -2.32. The first kappa shape index (κ1) is 65.3. The number of alkyl halides is 6. The van der Waals surface area contributed by atoms with Crippen molar-refractivity contribution in [2.24, 2.45) is 5.73 Å². The van der Waals surface area contributed by atoms with Crippen LogP contribution in [0.1, 0.15) is 121 Å². The third kappa shape index (κ3) is 16.0. The maximum Gasteiger partial charge on any atom is 0.497 e. The molecule has 0 spiro atoms. The lowest BCUT2D eigenvalue weighted by molar-refractivity contribution is -0.137. The smallest absolute Gasteiger partial charge is 0.399 e. The summed E-state index contributed by atoms with van der Waals surface area (Å²) in [5, 5.41) is 0.916. The van der Waals surface area contributed by atoms with Crippen LogP contribution in [0.15, 0.2) is 42.7 Å². The molecule has 0 atom stereocenters. The van der Waals surface area contributed by atoms with Crippen LogP contribution in [0.25, 0.3) is 11.3 Å². The summed E-state index contributed by atoms with van der Waals surface area (Å²) in [6.45, 7) is 18.2. The number of carbonyl (C=O) groups excluding carboxylic acids is 2. The van der Waals surface area contributed by atoms with Gasteiger partial charge in [-0.3, -0.25) is 9.59 Å². The number of ether oxygens (including phenoxy) is 3. The summed E-state index contributed by atoms with van der Waals surface area (Å²) in [7, 11) is -1.12. The van der Waals surface area contributed by atoms with Gasteiger partial charge in [-0.2, -0.15) is 26.3 Å². The molecule has 7 aliphatic rings. The Morgan fingerprint density at radius 1 is 0.552 bits per heavy atom. The SMILES string of the molecule is CC(=O)CC1(c2cc(-c3cnc(N)cc3C(F)(F)F)nc(N3CCOCC3)n2)CC1.CC(=O)CC1(c2cc(Cl)nc(N3CCOCC3)n2)CC1.CC1(C)OB(c2cnc(N)cc2C(F)(F)F)OC1(C)C.NC1(c2cc(Cl)nc(N3CCOCC3)n2)CC1. The van der Waals surface area contributed by atoms with Crippen molar-refractivity contribution in [2.75, 3.05) is 105 Å². The van der Waals surface area contributed by atoms with E-state index >= 15 is 0 Å². The molecule has 6 N–H and O–H groups in total. The summed E-state index contributed by atoms with van der Waals surface area (Å²) in [5.74, 6) is 1.47. The minimum atomic E-state index is -4.62. The molecule has 0 aromatic carbocycles. The first-order valence-corrected chi connectivity index (χ1v) is 29.4. The van der Waals surface area contributed by atoms with E-state index in [1.54, 1.807) is 52.8 Å². The van der Waals surface area contributed by atoms with Crippen LogP contribution in [-0.4, -0.2) is 149 Å². The number of nitrogen functional groups attached to an aromatic ring is 2. The Bertz CT molecular complexity index is 3290. The van der Waals surface area contributed by atoms with Gasteiger partial charge in [-0.05, 0) is 110 Å². The number of pyridine rings is 2. The average Bonchev–Trinajstić information content (AvgIpc) is 1.76. The minimum absolute atomic E-state index is 0.0192. The Morgan fingerprint density at radius 3 is 1.33 bits per heavy atom. The van der Waals surface area contributed by atoms with Crippen molar-refractivity contribution in [1.82, 2.24) is 39.9 Å². The standard InChI is InChI=1S/C20H22F3N5O2.C14H18ClN3O2.C12H16BF3N2O2.C11H15ClN4O/c1-12(29)10-19(2-3-19)16-9-15(26-18(27-16)28-4-6-30-7-5-28)13-11-25-17(24)8-14(13)20(21,22)23;1-10(19)9-14(2-3-14)11-8-12(15)17-13(16-11)18-4-6-20-7-5-18;1-10(2)11(3,4)20-13(19-10)8-6-18-9(17)5-7(8)12(14,15)16;12-9-7-8(11(13)1-2-11)14-10(15-9)16-3-5-17-6-4-16/h8-9,11H,2-7,10H2,1H3,(H2,24,25);8H,2-7,9H2,1H3;5-6H,1-4H3,(H2,17,18);7H,1-6,13H2. The quantitative estimate of drug-likeness (QED) is 0.0609. The zero-order valence-corrected chi connectivity index (χ0v) is 50.8. The van der Waals surface area contributed by atoms with Gasteiger partial charge in [-0.25, -0.2) is 39.9 Å². The largest absolute Gasteiger partial charge is 0.497 e. The van der Waals surface area contributed by atoms with Crippen LogP contribution >= 0.6 is 23.2 Å². The zero-order chi connectivity index (χ0) is 62.9. The van der Waals surface area contributed by atoms with Gasteiger partial charge in [0.05, 0.1) is 90.3 Å². The summed E-state index contributed by atoms with van der Waals surface area (Å²) in [6, 6.07) is 6.75. The molecule has 0 unspecified atom stereocenters. The van der Waals surface area contributed by atoms with E-state index in [1.807, 2.05) is 4.90 Å². The minimum Gasteiger partial charge on any atom is -0.399 e. The molecule has 21 nitrogen and oxygen atoms in total. The maximum atomic E-state index is 13.7. The van der Waals surface area contributed by atoms with E-state index in [4.69, 9.17) is 63.9 Å². The Morgan fingerprint density at radius 2 is 0.931 bits per heavy atom. The summed E-state index contributed by atoms with van der Waals surface area (Å²) < 4.78 is 108. The molecule has 0 bridgehead atoms. The second kappa shape index (κ2) is 25.8. The fraction of sp³-hybridized carbons (Fsp3) is 0.579. The lowest BCUT2D eigenvalue weighted by atomic mass is 9.77. The first-order chi connectivity index (χ1) is 40.9. The molecule has 3 aliphatic carbocycles. The number of nitrogens with zero attached hydrogens (tertiary/aromatic N) is 11. The molecule has 0 radical (unpaired) electrons. The number of morpholine rings is 3. The molecule has 5 aromatic heterocycles. The van der Waals surface area contributed by atoms with Gasteiger partial charge in [0.15, 0.2) is 0 Å². The fourth-order valence-electron chi connectivity index (χ4n) is 10.4. The lowest BCUT2D eigenvalue weighted by Crippen LogP contribution is -2.41. The van der Waals surface area contributed by atoms with Crippen LogP contribution in [0.2, 0.25) is 10.3 Å². The number of Topliss-reactive ketones (excluding diaryl/α,β-unsaturated/α-hetero) is 2. The number of carbonyl (C=O) groups is 2. The third-order valence-corrected chi connectivity index (χ3v) is 16.9. The summed E-state index contributed by atoms with van der Waals surface area (Å²) in [4.78, 5) is 63.8. The van der Waals surface area contributed by atoms with Crippen molar-refractivity contribution in [2.45, 2.75) is 133 Å². The number of hydrogen-bond donors (Lipinski definition) is 3. The molecule has 9 heterocycles. The fourth-order valence-corrected chi connectivity index (χ4v) is 10.7. The highest BCUT2D eigenvalue weighted by atomic mass is 35.5. The van der Waals surface area contributed by atoms with Crippen LogP contribution in [0, 0.1) is 0 Å². The number of aromatic nitrogens is 8. The van der Waals surface area contributed by atoms with Crippen molar-refractivity contribution in [1.29, 1.82) is 0 Å². The van der Waals surface area contributed by atoms with Crippen LogP contribution in [0.5, 0.6) is 0 Å². The van der Waals surface area contributed by atoms with Gasteiger partial charge in [0.2, 0.25) is 17.8 Å². The molecule has 470 valence electrons. The zero-order valence-electron chi connectivity index (χ0n) is 49.3. The topological polar surface area (TPSA) is 271 Å². The van der Waals surface area contributed by atoms with Gasteiger partial charge in [0.1, 0.15) is 33.5 Å². The molecule has 4 aliphatic heterocycles. The number of nitrogens with two attached hydrogens (primary N) is 3. The van der Waals surface area contributed by atoms with Crippen LogP contribution in [0.4, 0.5) is 55.8 Å². The molecular formula is C57H71BCl2F6N14O7. The van der Waals surface area contributed by atoms with Gasteiger partial charge in [0.25, 0.3) is 0 Å². The second-order valence-electron chi connectivity index (χ2n) is 23.9. The highest BCUT2D eigenvalue weighted by molar-refractivity contribution is 6.62. The highest BCUT2D eigenvalue weighted by Crippen LogP contribution is 2.53. The van der Waals surface area contributed by atoms with E-state index in [9.17, 15) is 35.9 Å². The summed E-state index contributed by atoms with van der Waals surface area (Å²) in [6.07, 6.45) is -0.686. The Balaban J connectivity index is 0.000000142. The van der Waals surface area contributed by atoms with Crippen molar-refractivity contribution in [3.05, 3.63) is 81.2 Å². The molecule has 4 saturated heterocycles. The predicted octanol–water partition coefficient (Wildman–Crippen LogP) is 7.86. The van der Waals surface area contributed by atoms with E-state index in [0.717, 1.165) is 101 Å². The number of hydrogen-bond acceptors (Lipinski definition) is 21. The molecule has 0 amide bonds. The molecule has 7 fully saturated rings. The Labute approximate surface area is 510 Å². The molecule has 5 aromatic rings. The van der Waals surface area contributed by atoms with Crippen LogP contribution < -0.4 is 37.4 Å². The number of halogens is 8. The third-order valence-electron chi connectivity index (χ3n) is 16.5. The van der Waals surface area contributed by atoms with Gasteiger partial charge >= 0.3 is 19.5 Å². The van der Waals surface area contributed by atoms with Crippen molar-refractivity contribution < 1.29 is 59.5 Å². The molecule has 30 heteroatoms. The first-order valence-electron chi connectivity index (χ1n) is 28.7. The molecule has 3 saturated carbocycles. The maximum absolute atomic E-state index is 13.7. The number of anilines is 5. The van der Waals surface area contributed by atoms with E-state index < -0.39 is 47.2 Å². The van der Waals surface area contributed by atoms with Crippen molar-refractivity contribution in [3.8, 4) is 11.3 Å². The predicted molar refractivity (Wildman–Crippen MR) is 315 cm³/mol. The van der Waals surface area contributed by atoms with Crippen LogP contribution in [-0.2, 0) is 61.8 Å². The highest BCUT2D eigenvalue weighted by Gasteiger charge is 2.54. The van der Waals surface area contributed by atoms with Gasteiger partial charge in [-0.15, -0.1) is 0 Å². The van der Waals surface area contributed by atoms with Crippen LogP contribution in [0.3, 0.4) is 0 Å².